The van der Waals surface area contributed by atoms with Crippen LogP contribution in [-0.4, -0.2) is 47.2 Å². The first-order valence-electron chi connectivity index (χ1n) is 9.39. The number of para-hydroxylation sites is 1. The van der Waals surface area contributed by atoms with Crippen LogP contribution in [-0.2, 0) is 19.1 Å². The number of amides is 1. The minimum atomic E-state index is -1.18. The largest absolute Gasteiger partial charge is 0.465 e. The van der Waals surface area contributed by atoms with E-state index >= 15 is 0 Å². The van der Waals surface area contributed by atoms with Gasteiger partial charge >= 0.3 is 11.9 Å². The lowest BCUT2D eigenvalue weighted by Gasteiger charge is -2.28. The standard InChI is InChI=1S/C21H20N2O6S/c1-11-17(19(26)28-3)12(2)22-18(11)14(24)10-29-20(27)21-9-8-16(25)23(21)13-6-4-5-7-15(13)30-21/h4-7,22H,8-10H2,1-3H3. The molecular formula is C21H20N2O6S. The van der Waals surface area contributed by atoms with E-state index in [9.17, 15) is 19.2 Å². The first-order chi connectivity index (χ1) is 14.3. The highest BCUT2D eigenvalue weighted by atomic mass is 32.2. The molecule has 2 aliphatic rings. The van der Waals surface area contributed by atoms with E-state index in [-0.39, 0.29) is 18.0 Å². The first-order valence-corrected chi connectivity index (χ1v) is 10.2. The quantitative estimate of drug-likeness (QED) is 0.577. The number of Topliss-reactive ketones (excluding diaryl/α,β-unsaturated/α-hetero) is 1. The molecule has 1 unspecified atom stereocenters. The Balaban J connectivity index is 1.53. The van der Waals surface area contributed by atoms with Gasteiger partial charge in [0, 0.05) is 23.4 Å². The van der Waals surface area contributed by atoms with Crippen LogP contribution in [0.2, 0.25) is 0 Å². The summed E-state index contributed by atoms with van der Waals surface area (Å²) in [6.45, 7) is 2.79. The minimum absolute atomic E-state index is 0.144. The maximum atomic E-state index is 13.0. The number of H-pyrrole nitrogens is 1. The molecule has 1 atom stereocenters. The van der Waals surface area contributed by atoms with Crippen molar-refractivity contribution in [2.45, 2.75) is 36.5 Å². The van der Waals surface area contributed by atoms with Crippen LogP contribution in [0.15, 0.2) is 29.2 Å². The molecule has 9 heteroatoms. The Morgan fingerprint density at radius 2 is 1.97 bits per heavy atom. The fourth-order valence-corrected chi connectivity index (χ4v) is 5.44. The van der Waals surface area contributed by atoms with Crippen molar-refractivity contribution in [1.29, 1.82) is 0 Å². The van der Waals surface area contributed by atoms with Gasteiger partial charge in [0.2, 0.25) is 11.7 Å². The number of aromatic amines is 1. The number of aryl methyl sites for hydroxylation is 1. The van der Waals surface area contributed by atoms with Gasteiger partial charge in [-0.1, -0.05) is 23.9 Å². The van der Waals surface area contributed by atoms with E-state index in [1.54, 1.807) is 19.9 Å². The van der Waals surface area contributed by atoms with Gasteiger partial charge in [0.05, 0.1) is 24.1 Å². The van der Waals surface area contributed by atoms with Gasteiger partial charge in [-0.3, -0.25) is 14.5 Å². The molecule has 30 heavy (non-hydrogen) atoms. The number of rotatable bonds is 5. The van der Waals surface area contributed by atoms with Gasteiger partial charge in [0.15, 0.2) is 11.5 Å². The summed E-state index contributed by atoms with van der Waals surface area (Å²) < 4.78 is 10.1. The molecule has 1 aromatic carbocycles. The summed E-state index contributed by atoms with van der Waals surface area (Å²) >= 11 is 1.28. The van der Waals surface area contributed by atoms with Crippen LogP contribution >= 0.6 is 11.8 Å². The summed E-state index contributed by atoms with van der Waals surface area (Å²) in [7, 11) is 1.27. The zero-order valence-corrected chi connectivity index (χ0v) is 17.6. The Hall–Kier alpha value is -3.07. The number of benzene rings is 1. The van der Waals surface area contributed by atoms with Gasteiger partial charge in [-0.05, 0) is 31.5 Å². The van der Waals surface area contributed by atoms with E-state index < -0.39 is 29.2 Å². The van der Waals surface area contributed by atoms with Gasteiger partial charge in [0.25, 0.3) is 0 Å². The predicted octanol–water partition coefficient (Wildman–Crippen LogP) is 2.77. The lowest BCUT2D eigenvalue weighted by Crippen LogP contribution is -2.48. The second-order valence-corrected chi connectivity index (χ2v) is 8.52. The molecule has 0 bridgehead atoms. The molecule has 0 saturated carbocycles. The second-order valence-electron chi connectivity index (χ2n) is 7.20. The number of hydrogen-bond acceptors (Lipinski definition) is 7. The fraction of sp³-hybridized carbons (Fsp3) is 0.333. The number of ketones is 1. The van der Waals surface area contributed by atoms with Crippen molar-refractivity contribution in [1.82, 2.24) is 4.98 Å². The number of methoxy groups -OCH3 is 1. The van der Waals surface area contributed by atoms with Crippen molar-refractivity contribution in [2.24, 2.45) is 0 Å². The number of esters is 2. The Labute approximate surface area is 176 Å². The highest BCUT2D eigenvalue weighted by molar-refractivity contribution is 8.02. The number of fused-ring (bicyclic) bond motifs is 3. The number of ether oxygens (including phenoxy) is 2. The topological polar surface area (TPSA) is 106 Å². The Kier molecular flexibility index (Phi) is 4.93. The van der Waals surface area contributed by atoms with E-state index in [1.807, 2.05) is 18.2 Å². The van der Waals surface area contributed by atoms with E-state index in [0.717, 1.165) is 4.90 Å². The van der Waals surface area contributed by atoms with Crippen molar-refractivity contribution < 1.29 is 28.7 Å². The average Bonchev–Trinajstić information content (AvgIpc) is 3.35. The van der Waals surface area contributed by atoms with Crippen molar-refractivity contribution >= 4 is 41.1 Å². The van der Waals surface area contributed by atoms with Crippen LogP contribution in [0.1, 0.15) is 44.9 Å². The summed E-state index contributed by atoms with van der Waals surface area (Å²) in [6.07, 6.45) is 0.549. The van der Waals surface area contributed by atoms with Gasteiger partial charge in [-0.15, -0.1) is 0 Å². The third kappa shape index (κ3) is 2.92. The third-order valence-electron chi connectivity index (χ3n) is 5.43. The number of anilines is 1. The van der Waals surface area contributed by atoms with Crippen LogP contribution in [0.4, 0.5) is 5.69 Å². The van der Waals surface area contributed by atoms with Gasteiger partial charge < -0.3 is 14.5 Å². The molecule has 8 nitrogen and oxygen atoms in total. The monoisotopic (exact) mass is 428 g/mol. The molecule has 1 fully saturated rings. The van der Waals surface area contributed by atoms with Gasteiger partial charge in [0.1, 0.15) is 0 Å². The van der Waals surface area contributed by atoms with E-state index in [0.29, 0.717) is 28.9 Å². The van der Waals surface area contributed by atoms with Crippen molar-refractivity contribution in [3.05, 3.63) is 46.8 Å². The zero-order valence-electron chi connectivity index (χ0n) is 16.7. The van der Waals surface area contributed by atoms with Crippen LogP contribution in [0.3, 0.4) is 0 Å². The number of hydrogen-bond donors (Lipinski definition) is 1. The van der Waals surface area contributed by atoms with Crippen LogP contribution in [0, 0.1) is 13.8 Å². The molecule has 1 amide bonds. The number of carbonyl (C=O) groups excluding carboxylic acids is 4. The Morgan fingerprint density at radius 1 is 1.23 bits per heavy atom. The molecule has 2 aliphatic heterocycles. The molecule has 1 saturated heterocycles. The number of thioether (sulfide) groups is 1. The second kappa shape index (κ2) is 7.32. The molecule has 4 rings (SSSR count). The number of nitrogens with one attached hydrogen (secondary N) is 1. The molecule has 0 spiro atoms. The van der Waals surface area contributed by atoms with Crippen LogP contribution in [0.25, 0.3) is 0 Å². The Bertz CT molecular complexity index is 1090. The summed E-state index contributed by atoms with van der Waals surface area (Å²) in [6, 6.07) is 7.30. The van der Waals surface area contributed by atoms with Crippen LogP contribution < -0.4 is 4.90 Å². The molecule has 0 radical (unpaired) electrons. The first kappa shape index (κ1) is 20.2. The average molecular weight is 428 g/mol. The maximum absolute atomic E-state index is 13.0. The smallest absolute Gasteiger partial charge is 0.343 e. The van der Waals surface area contributed by atoms with E-state index in [4.69, 9.17) is 9.47 Å². The molecule has 0 aliphatic carbocycles. The maximum Gasteiger partial charge on any atom is 0.343 e. The lowest BCUT2D eigenvalue weighted by molar-refractivity contribution is -0.145. The predicted molar refractivity (Wildman–Crippen MR) is 109 cm³/mol. The summed E-state index contributed by atoms with van der Waals surface area (Å²) in [4.78, 5) is 54.1. The number of carbonyl (C=O) groups is 4. The zero-order chi connectivity index (χ0) is 21.6. The van der Waals surface area contributed by atoms with E-state index in [2.05, 4.69) is 4.98 Å². The van der Waals surface area contributed by atoms with Crippen LogP contribution in [0.5, 0.6) is 0 Å². The van der Waals surface area contributed by atoms with Gasteiger partial charge in [-0.25, -0.2) is 9.59 Å². The summed E-state index contributed by atoms with van der Waals surface area (Å²) in [5, 5.41) is 0. The van der Waals surface area contributed by atoms with Crippen molar-refractivity contribution in [2.75, 3.05) is 18.6 Å². The van der Waals surface area contributed by atoms with Crippen molar-refractivity contribution in [3.8, 4) is 0 Å². The highest BCUT2D eigenvalue weighted by Crippen LogP contribution is 2.56. The number of nitrogens with zero attached hydrogens (tertiary/aromatic N) is 1. The number of aromatic nitrogens is 1. The Morgan fingerprint density at radius 3 is 2.70 bits per heavy atom. The molecule has 156 valence electrons. The summed E-state index contributed by atoms with van der Waals surface area (Å²) in [5.41, 5.74) is 2.12. The van der Waals surface area contributed by atoms with Crippen molar-refractivity contribution in [3.63, 3.8) is 0 Å². The molecule has 1 N–H and O–H groups in total. The third-order valence-corrected chi connectivity index (χ3v) is 6.89. The van der Waals surface area contributed by atoms with Gasteiger partial charge in [-0.2, -0.15) is 0 Å². The normalized spacial score (nSPS) is 19.4. The summed E-state index contributed by atoms with van der Waals surface area (Å²) in [5.74, 6) is -1.78. The molecular weight excluding hydrogens is 408 g/mol. The minimum Gasteiger partial charge on any atom is -0.465 e. The fourth-order valence-electron chi connectivity index (χ4n) is 4.03. The van der Waals surface area contributed by atoms with E-state index in [1.165, 1.54) is 23.8 Å². The SMILES string of the molecule is COC(=O)c1c(C)[nH]c(C(=O)COC(=O)C23CCC(=O)N2c2ccccc2S3)c1C. The highest BCUT2D eigenvalue weighted by Gasteiger charge is 2.58. The lowest BCUT2D eigenvalue weighted by atomic mass is 10.1. The molecule has 2 aromatic rings. The molecule has 1 aromatic heterocycles. The molecule has 3 heterocycles.